The minimum absolute atomic E-state index is 0.150. The lowest BCUT2D eigenvalue weighted by molar-refractivity contribution is 0.714. The fourth-order valence-electron chi connectivity index (χ4n) is 2.74. The monoisotopic (exact) mass is 324 g/mol. The third kappa shape index (κ3) is 3.14. The Morgan fingerprint density at radius 2 is 1.75 bits per heavy atom. The van der Waals surface area contributed by atoms with E-state index in [1.165, 1.54) is 12.0 Å². The molecule has 0 N–H and O–H groups in total. The maximum Gasteiger partial charge on any atom is 0.0595 e. The normalized spacial score (nSPS) is 22.6. The van der Waals surface area contributed by atoms with E-state index in [1.807, 2.05) is 18.2 Å². The molecule has 3 atom stereocenters. The second-order valence-electron chi connectivity index (χ2n) is 5.39. The third-order valence-corrected chi connectivity index (χ3v) is 5.16. The van der Waals surface area contributed by atoms with E-state index in [0.717, 1.165) is 12.0 Å². The Morgan fingerprint density at radius 3 is 2.45 bits per heavy atom. The Morgan fingerprint density at radius 1 is 1.00 bits per heavy atom. The van der Waals surface area contributed by atoms with Crippen LogP contribution in [0.4, 0.5) is 0 Å². The second-order valence-corrected chi connectivity index (χ2v) is 6.76. The van der Waals surface area contributed by atoms with Gasteiger partial charge in [0, 0.05) is 5.38 Å². The van der Waals surface area contributed by atoms with Crippen molar-refractivity contribution in [2.45, 2.75) is 24.1 Å². The van der Waals surface area contributed by atoms with Gasteiger partial charge in [-0.2, -0.15) is 0 Å². The van der Waals surface area contributed by atoms with Gasteiger partial charge in [-0.1, -0.05) is 59.6 Å². The van der Waals surface area contributed by atoms with Crippen molar-refractivity contribution in [2.24, 2.45) is 5.92 Å². The first kappa shape index (κ1) is 14.3. The maximum atomic E-state index is 6.57. The van der Waals surface area contributed by atoms with Gasteiger partial charge in [0.15, 0.2) is 0 Å². The average Bonchev–Trinajstić information content (AvgIpc) is 3.24. The van der Waals surface area contributed by atoms with Gasteiger partial charge in [-0.3, -0.25) is 0 Å². The molecular weight excluding hydrogens is 311 g/mol. The van der Waals surface area contributed by atoms with Crippen LogP contribution in [-0.4, -0.2) is 5.38 Å². The van der Waals surface area contributed by atoms with Crippen molar-refractivity contribution >= 4 is 34.8 Å². The quantitative estimate of drug-likeness (QED) is 0.610. The third-order valence-electron chi connectivity index (χ3n) is 3.95. The van der Waals surface area contributed by atoms with Gasteiger partial charge in [-0.05, 0) is 47.9 Å². The molecule has 20 heavy (non-hydrogen) atoms. The molecule has 3 rings (SSSR count). The number of alkyl halides is 1. The fraction of sp³-hybridized carbons (Fsp3) is 0.294. The molecular formula is C17H15Cl3. The lowest BCUT2D eigenvalue weighted by Gasteiger charge is -2.10. The Hall–Kier alpha value is -0.690. The Kier molecular flexibility index (Phi) is 4.26. The molecule has 104 valence electrons. The van der Waals surface area contributed by atoms with Crippen LogP contribution in [0.2, 0.25) is 10.0 Å². The molecule has 0 radical (unpaired) electrons. The molecule has 2 aromatic rings. The zero-order valence-corrected chi connectivity index (χ0v) is 13.2. The lowest BCUT2D eigenvalue weighted by Crippen LogP contribution is -2.07. The highest BCUT2D eigenvalue weighted by Crippen LogP contribution is 2.51. The summed E-state index contributed by atoms with van der Waals surface area (Å²) in [6.45, 7) is 0. The average molecular weight is 326 g/mol. The van der Waals surface area contributed by atoms with Crippen LogP contribution in [0.1, 0.15) is 23.5 Å². The first-order chi connectivity index (χ1) is 9.65. The van der Waals surface area contributed by atoms with Crippen LogP contribution >= 0.6 is 34.8 Å². The smallest absolute Gasteiger partial charge is 0.0595 e. The van der Waals surface area contributed by atoms with E-state index in [4.69, 9.17) is 34.8 Å². The first-order valence-electron chi connectivity index (χ1n) is 6.78. The molecule has 0 aromatic heterocycles. The summed E-state index contributed by atoms with van der Waals surface area (Å²) < 4.78 is 0. The van der Waals surface area contributed by atoms with Gasteiger partial charge in [-0.25, -0.2) is 0 Å². The van der Waals surface area contributed by atoms with Gasteiger partial charge in [0.2, 0.25) is 0 Å². The molecule has 0 spiro atoms. The van der Waals surface area contributed by atoms with Crippen LogP contribution in [-0.2, 0) is 6.42 Å². The van der Waals surface area contributed by atoms with Crippen molar-refractivity contribution in [3.8, 4) is 0 Å². The molecule has 0 bridgehead atoms. The van der Waals surface area contributed by atoms with Crippen LogP contribution in [0.15, 0.2) is 48.5 Å². The predicted molar refractivity (Wildman–Crippen MR) is 87.1 cm³/mol. The van der Waals surface area contributed by atoms with E-state index in [0.29, 0.717) is 21.9 Å². The topological polar surface area (TPSA) is 0 Å². The predicted octanol–water partition coefficient (Wildman–Crippen LogP) is 5.95. The van der Waals surface area contributed by atoms with Crippen molar-refractivity contribution < 1.29 is 0 Å². The van der Waals surface area contributed by atoms with Crippen molar-refractivity contribution in [1.82, 2.24) is 0 Å². The van der Waals surface area contributed by atoms with Crippen LogP contribution in [0, 0.1) is 5.92 Å². The SMILES string of the molecule is Clc1ccc(CC(Cl)C2CC2c2ccccc2)cc1Cl. The van der Waals surface area contributed by atoms with Crippen LogP contribution < -0.4 is 0 Å². The van der Waals surface area contributed by atoms with Crippen LogP contribution in [0.25, 0.3) is 0 Å². The summed E-state index contributed by atoms with van der Waals surface area (Å²) in [6.07, 6.45) is 2.02. The zero-order valence-electron chi connectivity index (χ0n) is 10.9. The summed E-state index contributed by atoms with van der Waals surface area (Å²) in [5.74, 6) is 1.18. The molecule has 0 nitrogen and oxygen atoms in total. The van der Waals surface area contributed by atoms with Crippen LogP contribution in [0.3, 0.4) is 0 Å². The van der Waals surface area contributed by atoms with Gasteiger partial charge in [0.1, 0.15) is 0 Å². The minimum atomic E-state index is 0.150. The molecule has 0 amide bonds. The molecule has 1 aliphatic rings. The van der Waals surface area contributed by atoms with E-state index < -0.39 is 0 Å². The highest BCUT2D eigenvalue weighted by molar-refractivity contribution is 6.42. The van der Waals surface area contributed by atoms with Gasteiger partial charge < -0.3 is 0 Å². The largest absolute Gasteiger partial charge is 0.122 e. The van der Waals surface area contributed by atoms with E-state index in [9.17, 15) is 0 Å². The summed E-state index contributed by atoms with van der Waals surface area (Å²) in [4.78, 5) is 0. The van der Waals surface area contributed by atoms with Gasteiger partial charge >= 0.3 is 0 Å². The van der Waals surface area contributed by atoms with E-state index >= 15 is 0 Å². The summed E-state index contributed by atoms with van der Waals surface area (Å²) in [5.41, 5.74) is 2.55. The maximum absolute atomic E-state index is 6.57. The minimum Gasteiger partial charge on any atom is -0.122 e. The van der Waals surface area contributed by atoms with Crippen molar-refractivity contribution in [3.05, 3.63) is 69.7 Å². The first-order valence-corrected chi connectivity index (χ1v) is 7.97. The zero-order chi connectivity index (χ0) is 14.1. The van der Waals surface area contributed by atoms with Gasteiger partial charge in [-0.15, -0.1) is 11.6 Å². The molecule has 0 aliphatic heterocycles. The number of benzene rings is 2. The van der Waals surface area contributed by atoms with Crippen molar-refractivity contribution in [2.75, 3.05) is 0 Å². The molecule has 3 unspecified atom stereocenters. The number of hydrogen-bond acceptors (Lipinski definition) is 0. The highest BCUT2D eigenvalue weighted by atomic mass is 35.5. The van der Waals surface area contributed by atoms with Crippen molar-refractivity contribution in [3.63, 3.8) is 0 Å². The van der Waals surface area contributed by atoms with E-state index in [-0.39, 0.29) is 5.38 Å². The summed E-state index contributed by atoms with van der Waals surface area (Å²) >= 11 is 18.5. The second kappa shape index (κ2) is 5.97. The molecule has 2 aromatic carbocycles. The van der Waals surface area contributed by atoms with E-state index in [1.54, 1.807) is 0 Å². The molecule has 3 heteroatoms. The molecule has 1 saturated carbocycles. The molecule has 1 fully saturated rings. The van der Waals surface area contributed by atoms with Gasteiger partial charge in [0.05, 0.1) is 10.0 Å². The van der Waals surface area contributed by atoms with Gasteiger partial charge in [0.25, 0.3) is 0 Å². The number of hydrogen-bond donors (Lipinski definition) is 0. The highest BCUT2D eigenvalue weighted by Gasteiger charge is 2.42. The number of halogens is 3. The number of rotatable bonds is 4. The molecule has 0 heterocycles. The summed E-state index contributed by atoms with van der Waals surface area (Å²) in [5, 5.41) is 1.34. The molecule has 1 aliphatic carbocycles. The Balaban J connectivity index is 1.63. The molecule has 0 saturated heterocycles. The van der Waals surface area contributed by atoms with Crippen molar-refractivity contribution in [1.29, 1.82) is 0 Å². The van der Waals surface area contributed by atoms with Crippen LogP contribution in [0.5, 0.6) is 0 Å². The Labute approximate surface area is 134 Å². The summed E-state index contributed by atoms with van der Waals surface area (Å²) in [7, 11) is 0. The standard InChI is InChI=1S/C17H15Cl3/c18-15-7-6-11(9-17(15)20)8-16(19)14-10-13(14)12-4-2-1-3-5-12/h1-7,9,13-14,16H,8,10H2. The fourth-order valence-corrected chi connectivity index (χ4v) is 3.52. The Bertz CT molecular complexity index is 594. The summed E-state index contributed by atoms with van der Waals surface area (Å²) in [6, 6.07) is 16.4. The van der Waals surface area contributed by atoms with E-state index in [2.05, 4.69) is 30.3 Å². The lowest BCUT2D eigenvalue weighted by atomic mass is 10.0.